The van der Waals surface area contributed by atoms with E-state index in [9.17, 15) is 4.79 Å². The molecule has 7 heteroatoms. The summed E-state index contributed by atoms with van der Waals surface area (Å²) in [6.07, 6.45) is 0.169. The zero-order chi connectivity index (χ0) is 21.8. The number of methoxy groups -OCH3 is 3. The van der Waals surface area contributed by atoms with Gasteiger partial charge in [0.2, 0.25) is 11.7 Å². The monoisotopic (exact) mass is 417 g/mol. The van der Waals surface area contributed by atoms with Gasteiger partial charge in [-0.05, 0) is 54.1 Å². The van der Waals surface area contributed by atoms with Crippen molar-refractivity contribution in [3.05, 3.63) is 66.2 Å². The van der Waals surface area contributed by atoms with E-state index >= 15 is 0 Å². The topological polar surface area (TPSA) is 85.5 Å². The van der Waals surface area contributed by atoms with Gasteiger partial charge in [0.05, 0.1) is 38.8 Å². The average Bonchev–Trinajstić information content (AvgIpc) is 3.23. The molecule has 0 atom stereocenters. The molecule has 158 valence electrons. The second-order valence-electron chi connectivity index (χ2n) is 6.94. The number of benzene rings is 3. The van der Waals surface area contributed by atoms with E-state index in [0.717, 1.165) is 28.0 Å². The van der Waals surface area contributed by atoms with Crippen molar-refractivity contribution in [3.8, 4) is 28.6 Å². The number of amides is 1. The van der Waals surface area contributed by atoms with Gasteiger partial charge in [0.1, 0.15) is 5.82 Å². The molecule has 0 spiro atoms. The minimum atomic E-state index is -0.147. The molecule has 0 unspecified atom stereocenters. The van der Waals surface area contributed by atoms with Crippen LogP contribution >= 0.6 is 0 Å². The van der Waals surface area contributed by atoms with Crippen molar-refractivity contribution in [2.24, 2.45) is 0 Å². The van der Waals surface area contributed by atoms with Crippen molar-refractivity contribution in [1.29, 1.82) is 0 Å². The molecule has 0 bridgehead atoms. The van der Waals surface area contributed by atoms with Crippen LogP contribution in [-0.4, -0.2) is 37.2 Å². The lowest BCUT2D eigenvalue weighted by molar-refractivity contribution is -0.115. The normalized spacial score (nSPS) is 10.7. The van der Waals surface area contributed by atoms with E-state index in [1.165, 1.54) is 0 Å². The molecule has 31 heavy (non-hydrogen) atoms. The number of hydrogen-bond acceptors (Lipinski definition) is 5. The van der Waals surface area contributed by atoms with Crippen molar-refractivity contribution >= 4 is 22.6 Å². The van der Waals surface area contributed by atoms with Crippen LogP contribution in [0.3, 0.4) is 0 Å². The van der Waals surface area contributed by atoms with E-state index < -0.39 is 0 Å². The Morgan fingerprint density at radius 3 is 2.23 bits per heavy atom. The molecule has 0 aliphatic heterocycles. The lowest BCUT2D eigenvalue weighted by atomic mass is 10.1. The van der Waals surface area contributed by atoms with E-state index in [2.05, 4.69) is 15.3 Å². The Kier molecular flexibility index (Phi) is 5.75. The smallest absolute Gasteiger partial charge is 0.228 e. The van der Waals surface area contributed by atoms with Crippen LogP contribution in [0, 0.1) is 0 Å². The van der Waals surface area contributed by atoms with Gasteiger partial charge in [0.15, 0.2) is 11.5 Å². The Bertz CT molecular complexity index is 1160. The van der Waals surface area contributed by atoms with Crippen LogP contribution in [0.4, 0.5) is 5.69 Å². The summed E-state index contributed by atoms with van der Waals surface area (Å²) in [6.45, 7) is 0. The van der Waals surface area contributed by atoms with E-state index in [-0.39, 0.29) is 12.3 Å². The van der Waals surface area contributed by atoms with E-state index in [1.54, 1.807) is 33.5 Å². The maximum atomic E-state index is 12.6. The van der Waals surface area contributed by atoms with Crippen LogP contribution in [0.25, 0.3) is 22.4 Å². The van der Waals surface area contributed by atoms with Crippen LogP contribution in [0.1, 0.15) is 5.56 Å². The summed E-state index contributed by atoms with van der Waals surface area (Å²) < 4.78 is 16.0. The Morgan fingerprint density at radius 1 is 0.935 bits per heavy atom. The summed E-state index contributed by atoms with van der Waals surface area (Å²) in [5.41, 5.74) is 4.31. The number of anilines is 1. The highest BCUT2D eigenvalue weighted by Gasteiger charge is 2.15. The van der Waals surface area contributed by atoms with Crippen LogP contribution in [-0.2, 0) is 11.2 Å². The predicted octanol–water partition coefficient (Wildman–Crippen LogP) is 4.44. The van der Waals surface area contributed by atoms with Crippen molar-refractivity contribution in [2.45, 2.75) is 6.42 Å². The molecular formula is C24H23N3O4. The number of fused-ring (bicyclic) bond motifs is 1. The average molecular weight is 417 g/mol. The lowest BCUT2D eigenvalue weighted by Gasteiger charge is -2.14. The zero-order valence-electron chi connectivity index (χ0n) is 17.6. The molecule has 3 aromatic carbocycles. The summed E-state index contributed by atoms with van der Waals surface area (Å²) in [6, 6.07) is 19.0. The van der Waals surface area contributed by atoms with E-state index in [4.69, 9.17) is 14.2 Å². The first-order chi connectivity index (χ1) is 15.1. The summed E-state index contributed by atoms with van der Waals surface area (Å²) in [4.78, 5) is 20.5. The molecule has 1 aromatic heterocycles. The lowest BCUT2D eigenvalue weighted by Crippen LogP contribution is -2.14. The third kappa shape index (κ3) is 4.30. The SMILES string of the molecule is COc1cc(CC(=O)Nc2ccc(-c3nc4ccccc4[nH]3)cc2)cc(OC)c1OC. The Balaban J connectivity index is 1.46. The largest absolute Gasteiger partial charge is 0.493 e. The van der Waals surface area contributed by atoms with Gasteiger partial charge >= 0.3 is 0 Å². The van der Waals surface area contributed by atoms with Crippen molar-refractivity contribution in [3.63, 3.8) is 0 Å². The molecule has 0 saturated carbocycles. The highest BCUT2D eigenvalue weighted by atomic mass is 16.5. The third-order valence-electron chi connectivity index (χ3n) is 4.92. The molecule has 0 saturated heterocycles. The molecule has 7 nitrogen and oxygen atoms in total. The second kappa shape index (κ2) is 8.79. The maximum Gasteiger partial charge on any atom is 0.228 e. The maximum absolute atomic E-state index is 12.6. The summed E-state index contributed by atoms with van der Waals surface area (Å²) in [5, 5.41) is 2.92. The number of aromatic nitrogens is 2. The highest BCUT2D eigenvalue weighted by molar-refractivity contribution is 5.92. The first kappa shape index (κ1) is 20.3. The van der Waals surface area contributed by atoms with Gasteiger partial charge in [0.25, 0.3) is 0 Å². The molecule has 4 rings (SSSR count). The second-order valence-corrected chi connectivity index (χ2v) is 6.94. The summed E-state index contributed by atoms with van der Waals surface area (Å²) in [7, 11) is 4.64. The number of H-pyrrole nitrogens is 1. The zero-order valence-corrected chi connectivity index (χ0v) is 17.6. The van der Waals surface area contributed by atoms with E-state index in [1.807, 2.05) is 48.5 Å². The molecule has 0 radical (unpaired) electrons. The first-order valence-electron chi connectivity index (χ1n) is 9.75. The summed E-state index contributed by atoms with van der Waals surface area (Å²) >= 11 is 0. The molecule has 4 aromatic rings. The number of rotatable bonds is 7. The molecule has 1 heterocycles. The Labute approximate surface area is 180 Å². The number of carbonyl (C=O) groups is 1. The van der Waals surface area contributed by atoms with Crippen LogP contribution in [0.15, 0.2) is 60.7 Å². The van der Waals surface area contributed by atoms with Gasteiger partial charge in [0, 0.05) is 11.3 Å². The van der Waals surface area contributed by atoms with Gasteiger partial charge in [-0.15, -0.1) is 0 Å². The van der Waals surface area contributed by atoms with Gasteiger partial charge in [-0.3, -0.25) is 4.79 Å². The fourth-order valence-electron chi connectivity index (χ4n) is 3.43. The van der Waals surface area contributed by atoms with Crippen LogP contribution in [0.5, 0.6) is 17.2 Å². The first-order valence-corrected chi connectivity index (χ1v) is 9.75. The number of imidazole rings is 1. The van der Waals surface area contributed by atoms with Gasteiger partial charge in [-0.1, -0.05) is 12.1 Å². The quantitative estimate of drug-likeness (QED) is 0.464. The van der Waals surface area contributed by atoms with Gasteiger partial charge < -0.3 is 24.5 Å². The standard InChI is InChI=1S/C24H23N3O4/c1-29-20-12-15(13-21(30-2)23(20)31-3)14-22(28)25-17-10-8-16(9-11-17)24-26-18-6-4-5-7-19(18)27-24/h4-13H,14H2,1-3H3,(H,25,28)(H,26,27). The summed E-state index contributed by atoms with van der Waals surface area (Å²) in [5.74, 6) is 2.16. The molecule has 2 N–H and O–H groups in total. The molecular weight excluding hydrogens is 394 g/mol. The minimum absolute atomic E-state index is 0.147. The van der Waals surface area contributed by atoms with E-state index in [0.29, 0.717) is 22.9 Å². The van der Waals surface area contributed by atoms with Crippen molar-refractivity contribution in [1.82, 2.24) is 9.97 Å². The van der Waals surface area contributed by atoms with Crippen LogP contribution in [0.2, 0.25) is 0 Å². The number of carbonyl (C=O) groups excluding carboxylic acids is 1. The highest BCUT2D eigenvalue weighted by Crippen LogP contribution is 2.38. The number of nitrogens with zero attached hydrogens (tertiary/aromatic N) is 1. The van der Waals surface area contributed by atoms with Gasteiger partial charge in [-0.25, -0.2) is 4.98 Å². The van der Waals surface area contributed by atoms with Gasteiger partial charge in [-0.2, -0.15) is 0 Å². The van der Waals surface area contributed by atoms with Crippen molar-refractivity contribution < 1.29 is 19.0 Å². The number of hydrogen-bond donors (Lipinski definition) is 2. The number of para-hydroxylation sites is 2. The Hall–Kier alpha value is -4.00. The predicted molar refractivity (Wildman–Crippen MR) is 120 cm³/mol. The fourth-order valence-corrected chi connectivity index (χ4v) is 3.43. The number of aromatic amines is 1. The molecule has 1 amide bonds. The number of nitrogens with one attached hydrogen (secondary N) is 2. The van der Waals surface area contributed by atoms with Crippen LogP contribution < -0.4 is 19.5 Å². The number of ether oxygens (including phenoxy) is 3. The third-order valence-corrected chi connectivity index (χ3v) is 4.92. The minimum Gasteiger partial charge on any atom is -0.493 e. The van der Waals surface area contributed by atoms with Crippen molar-refractivity contribution in [2.75, 3.05) is 26.6 Å². The molecule has 0 fully saturated rings. The fraction of sp³-hybridized carbons (Fsp3) is 0.167. The molecule has 0 aliphatic rings. The Morgan fingerprint density at radius 2 is 1.61 bits per heavy atom. The molecule has 0 aliphatic carbocycles.